The Balaban J connectivity index is 1.92. The van der Waals surface area contributed by atoms with Crippen LogP contribution in [-0.2, 0) is 29.4 Å². The Hall–Kier alpha value is -3.09. The summed E-state index contributed by atoms with van der Waals surface area (Å²) in [5.41, 5.74) is 3.37. The maximum atomic E-state index is 13.6. The van der Waals surface area contributed by atoms with Gasteiger partial charge in [-0.1, -0.05) is 65.3 Å². The summed E-state index contributed by atoms with van der Waals surface area (Å²) in [6.45, 7) is 13.9. The molecular weight excluding hydrogens is 580 g/mol. The van der Waals surface area contributed by atoms with Gasteiger partial charge in [0.1, 0.15) is 17.7 Å². The predicted molar refractivity (Wildman–Crippen MR) is 161 cm³/mol. The van der Waals surface area contributed by atoms with Crippen LogP contribution in [0.15, 0.2) is 24.3 Å². The van der Waals surface area contributed by atoms with Gasteiger partial charge in [-0.25, -0.2) is 9.59 Å². The Labute approximate surface area is 258 Å². The van der Waals surface area contributed by atoms with Gasteiger partial charge in [0.15, 0.2) is 0 Å². The number of benzene rings is 1. The van der Waals surface area contributed by atoms with Crippen molar-refractivity contribution >= 4 is 35.7 Å². The van der Waals surface area contributed by atoms with Crippen LogP contribution in [0.5, 0.6) is 0 Å². The summed E-state index contributed by atoms with van der Waals surface area (Å²) >= 11 is 6.03. The number of ether oxygens (including phenoxy) is 3. The molecule has 0 radical (unpaired) electrons. The van der Waals surface area contributed by atoms with E-state index in [4.69, 9.17) is 31.5 Å². The molecular formula is C30H47ClN4O8. The Kier molecular flexibility index (Phi) is 12.2. The van der Waals surface area contributed by atoms with Gasteiger partial charge in [-0.05, 0) is 49.8 Å². The van der Waals surface area contributed by atoms with E-state index in [0.29, 0.717) is 18.0 Å². The molecule has 0 bridgehead atoms. The van der Waals surface area contributed by atoms with Crippen molar-refractivity contribution in [1.82, 2.24) is 15.5 Å². The number of carbonyl (C=O) groups excluding carboxylic acids is 4. The molecule has 1 aromatic rings. The number of likely N-dealkylation sites (tertiary alicyclic amines) is 1. The maximum absolute atomic E-state index is 13.6. The van der Waals surface area contributed by atoms with Crippen LogP contribution >= 0.6 is 11.6 Å². The highest BCUT2D eigenvalue weighted by Crippen LogP contribution is 2.46. The molecule has 0 saturated carbocycles. The lowest BCUT2D eigenvalue weighted by Crippen LogP contribution is -2.61. The highest BCUT2D eigenvalue weighted by molar-refractivity contribution is 6.30. The molecule has 1 fully saturated rings. The molecule has 1 heterocycles. The first-order valence-electron chi connectivity index (χ1n) is 14.4. The second-order valence-corrected chi connectivity index (χ2v) is 13.4. The zero-order valence-electron chi connectivity index (χ0n) is 26.4. The van der Waals surface area contributed by atoms with Crippen molar-refractivity contribution in [3.63, 3.8) is 0 Å². The summed E-state index contributed by atoms with van der Waals surface area (Å²) in [5, 5.41) is 17.6. The third-order valence-corrected chi connectivity index (χ3v) is 7.96. The van der Waals surface area contributed by atoms with E-state index in [2.05, 4.69) is 10.6 Å². The van der Waals surface area contributed by atoms with Crippen LogP contribution in [-0.4, -0.2) is 78.2 Å². The van der Waals surface area contributed by atoms with E-state index in [9.17, 15) is 24.3 Å². The summed E-state index contributed by atoms with van der Waals surface area (Å²) in [4.78, 5) is 51.9. The smallest absolute Gasteiger partial charge is 0.427 e. The number of urea groups is 1. The van der Waals surface area contributed by atoms with Gasteiger partial charge in [0.25, 0.3) is 0 Å². The SMILES string of the molecule is CC(C)C(N)C(=O)OCOC(=O)OC(C)(C)CNC(=O)NC(C(=O)N1CCC(O)(c2ccc(Cl)cc2)C(C)(C)C1)C(C)C. The van der Waals surface area contributed by atoms with E-state index in [-0.39, 0.29) is 30.8 Å². The highest BCUT2D eigenvalue weighted by Gasteiger charge is 2.50. The molecule has 3 amide bonds. The van der Waals surface area contributed by atoms with Gasteiger partial charge < -0.3 is 40.6 Å². The first-order valence-corrected chi connectivity index (χ1v) is 14.8. The molecule has 13 heteroatoms. The van der Waals surface area contributed by atoms with Gasteiger partial charge in [-0.15, -0.1) is 0 Å². The largest absolute Gasteiger partial charge is 0.511 e. The van der Waals surface area contributed by atoms with E-state index in [1.165, 1.54) is 0 Å². The van der Waals surface area contributed by atoms with Crippen molar-refractivity contribution < 1.29 is 38.5 Å². The summed E-state index contributed by atoms with van der Waals surface area (Å²) in [6.07, 6.45) is -0.782. The quantitative estimate of drug-likeness (QED) is 0.212. The lowest BCUT2D eigenvalue weighted by Gasteiger charge is -2.51. The molecule has 12 nitrogen and oxygen atoms in total. The predicted octanol–water partition coefficient (Wildman–Crippen LogP) is 3.53. The normalized spacial score (nSPS) is 19.8. The van der Waals surface area contributed by atoms with Gasteiger partial charge in [0.2, 0.25) is 12.7 Å². The van der Waals surface area contributed by atoms with E-state index in [1.54, 1.807) is 56.9 Å². The maximum Gasteiger partial charge on any atom is 0.511 e. The van der Waals surface area contributed by atoms with Gasteiger partial charge in [-0.2, -0.15) is 0 Å². The second kappa shape index (κ2) is 14.6. The Morgan fingerprint density at radius 1 is 1.07 bits per heavy atom. The minimum Gasteiger partial charge on any atom is -0.427 e. The zero-order chi connectivity index (χ0) is 32.8. The fourth-order valence-electron chi connectivity index (χ4n) is 4.76. The van der Waals surface area contributed by atoms with E-state index in [0.717, 1.165) is 5.56 Å². The molecule has 3 atom stereocenters. The van der Waals surface area contributed by atoms with Crippen LogP contribution in [0, 0.1) is 17.3 Å². The van der Waals surface area contributed by atoms with E-state index >= 15 is 0 Å². The van der Waals surface area contributed by atoms with Crippen molar-refractivity contribution in [2.75, 3.05) is 26.4 Å². The number of hydrogen-bond donors (Lipinski definition) is 4. The average molecular weight is 627 g/mol. The number of nitrogens with one attached hydrogen (secondary N) is 2. The van der Waals surface area contributed by atoms with E-state index in [1.807, 2.05) is 27.7 Å². The third-order valence-electron chi connectivity index (χ3n) is 7.70. The molecule has 43 heavy (non-hydrogen) atoms. The lowest BCUT2D eigenvalue weighted by atomic mass is 9.66. The summed E-state index contributed by atoms with van der Waals surface area (Å²) in [6, 6.07) is 4.76. The minimum absolute atomic E-state index is 0.101. The molecule has 1 saturated heterocycles. The van der Waals surface area contributed by atoms with Gasteiger partial charge in [0, 0.05) is 23.5 Å². The topological polar surface area (TPSA) is 170 Å². The van der Waals surface area contributed by atoms with Gasteiger partial charge in [-0.3, -0.25) is 9.59 Å². The van der Waals surface area contributed by atoms with Gasteiger partial charge in [0.05, 0.1) is 12.1 Å². The number of carbonyl (C=O) groups is 4. The number of amides is 3. The number of halogens is 1. The minimum atomic E-state index is -1.19. The number of rotatable bonds is 11. The molecule has 3 unspecified atom stereocenters. The summed E-state index contributed by atoms with van der Waals surface area (Å²) in [5.74, 6) is -1.35. The Morgan fingerprint density at radius 3 is 2.21 bits per heavy atom. The third kappa shape index (κ3) is 9.70. The number of nitrogens with two attached hydrogens (primary N) is 1. The van der Waals surface area contributed by atoms with Crippen LogP contribution < -0.4 is 16.4 Å². The van der Waals surface area contributed by atoms with Crippen LogP contribution in [0.25, 0.3) is 0 Å². The molecule has 1 aliphatic rings. The van der Waals surface area contributed by atoms with E-state index < -0.39 is 53.6 Å². The van der Waals surface area contributed by atoms with Crippen LogP contribution in [0.2, 0.25) is 5.02 Å². The molecule has 5 N–H and O–H groups in total. The van der Waals surface area contributed by atoms with Crippen molar-refractivity contribution in [2.45, 2.75) is 85.1 Å². The van der Waals surface area contributed by atoms with Crippen molar-refractivity contribution in [3.8, 4) is 0 Å². The highest BCUT2D eigenvalue weighted by atomic mass is 35.5. The number of hydrogen-bond acceptors (Lipinski definition) is 9. The molecule has 0 aliphatic carbocycles. The number of esters is 1. The first-order chi connectivity index (χ1) is 19.8. The fourth-order valence-corrected chi connectivity index (χ4v) is 4.89. The number of aliphatic hydroxyl groups is 1. The molecule has 2 rings (SSSR count). The lowest BCUT2D eigenvalue weighted by molar-refractivity contribution is -0.157. The van der Waals surface area contributed by atoms with Crippen LogP contribution in [0.3, 0.4) is 0 Å². The molecule has 1 aromatic carbocycles. The summed E-state index contributed by atoms with van der Waals surface area (Å²) < 4.78 is 14.8. The second-order valence-electron chi connectivity index (χ2n) is 12.9. The molecule has 242 valence electrons. The monoisotopic (exact) mass is 626 g/mol. The molecule has 1 aliphatic heterocycles. The Bertz CT molecular complexity index is 1140. The number of nitrogens with zero attached hydrogens (tertiary/aromatic N) is 1. The standard InChI is InChI=1S/C30H47ClN4O8/c1-18(2)22(32)25(37)41-17-42-27(39)43-29(7,8)15-33-26(38)34-23(19(3)4)24(36)35-14-13-30(40,28(5,6)16-35)20-9-11-21(31)12-10-20/h9-12,18-19,22-23,40H,13-17,32H2,1-8H3,(H2,33,34,38). The summed E-state index contributed by atoms with van der Waals surface area (Å²) in [7, 11) is 0. The Morgan fingerprint density at radius 2 is 1.67 bits per heavy atom. The molecule has 0 aromatic heterocycles. The van der Waals surface area contributed by atoms with Gasteiger partial charge >= 0.3 is 18.2 Å². The average Bonchev–Trinajstić information content (AvgIpc) is 2.91. The fraction of sp³-hybridized carbons (Fsp3) is 0.667. The zero-order valence-corrected chi connectivity index (χ0v) is 27.1. The first kappa shape index (κ1) is 36.1. The van der Waals surface area contributed by atoms with Crippen LogP contribution in [0.4, 0.5) is 9.59 Å². The molecule has 0 spiro atoms. The van der Waals surface area contributed by atoms with Crippen molar-refractivity contribution in [2.24, 2.45) is 23.0 Å². The van der Waals surface area contributed by atoms with Crippen molar-refractivity contribution in [1.29, 1.82) is 0 Å². The van der Waals surface area contributed by atoms with Crippen LogP contribution in [0.1, 0.15) is 67.4 Å². The number of piperidine rings is 1. The van der Waals surface area contributed by atoms with Crippen molar-refractivity contribution in [3.05, 3.63) is 34.9 Å².